The van der Waals surface area contributed by atoms with Gasteiger partial charge in [0.25, 0.3) is 0 Å². The van der Waals surface area contributed by atoms with Crippen LogP contribution >= 0.6 is 0 Å². The molecule has 2 aromatic carbocycles. The van der Waals surface area contributed by atoms with Crippen LogP contribution in [0.4, 0.5) is 0 Å². The zero-order chi connectivity index (χ0) is 15.5. The van der Waals surface area contributed by atoms with Crippen molar-refractivity contribution in [2.45, 2.75) is 26.8 Å². The third-order valence-electron chi connectivity index (χ3n) is 3.11. The number of rotatable bonds is 6. The Morgan fingerprint density at radius 3 is 2.00 bits per heavy atom. The van der Waals surface area contributed by atoms with Gasteiger partial charge < -0.3 is 4.90 Å². The molecule has 0 spiro atoms. The Balaban J connectivity index is 0.00000106. The van der Waals surface area contributed by atoms with Crippen LogP contribution in [0.3, 0.4) is 0 Å². The van der Waals surface area contributed by atoms with Crippen LogP contribution in [0.25, 0.3) is 0 Å². The van der Waals surface area contributed by atoms with E-state index in [2.05, 4.69) is 17.0 Å². The minimum atomic E-state index is 0.209. The van der Waals surface area contributed by atoms with Crippen LogP contribution in [0.15, 0.2) is 60.7 Å². The van der Waals surface area contributed by atoms with Gasteiger partial charge >= 0.3 is 0 Å². The van der Waals surface area contributed by atoms with Crippen LogP contribution in [0, 0.1) is 0 Å². The third kappa shape index (κ3) is 6.37. The number of hydrogen-bond acceptors (Lipinski definition) is 2. The minimum Gasteiger partial charge on any atom is -0.302 e. The summed E-state index contributed by atoms with van der Waals surface area (Å²) >= 11 is 0. The topological polar surface area (TPSA) is 20.3 Å². The van der Waals surface area contributed by atoms with Gasteiger partial charge in [0.15, 0.2) is 5.78 Å². The van der Waals surface area contributed by atoms with Crippen LogP contribution in [0.5, 0.6) is 0 Å². The second kappa shape index (κ2) is 9.89. The van der Waals surface area contributed by atoms with Gasteiger partial charge in [-0.05, 0) is 12.6 Å². The zero-order valence-corrected chi connectivity index (χ0v) is 13.3. The summed E-state index contributed by atoms with van der Waals surface area (Å²) in [6.45, 7) is 5.66. The highest BCUT2D eigenvalue weighted by molar-refractivity contribution is 5.96. The van der Waals surface area contributed by atoms with E-state index in [1.807, 2.05) is 69.4 Å². The summed E-state index contributed by atoms with van der Waals surface area (Å²) in [6, 6.07) is 19.8. The number of carbonyl (C=O) groups excluding carboxylic acids is 1. The third-order valence-corrected chi connectivity index (χ3v) is 3.11. The Kier molecular flexibility index (Phi) is 8.07. The van der Waals surface area contributed by atoms with E-state index >= 15 is 0 Å². The van der Waals surface area contributed by atoms with Gasteiger partial charge in [-0.3, -0.25) is 4.79 Å². The SMILES string of the molecule is CC.CN(CCC(=O)c1ccccc1)Cc1ccccc1. The van der Waals surface area contributed by atoms with Crippen molar-refractivity contribution >= 4 is 5.78 Å². The van der Waals surface area contributed by atoms with Crippen molar-refractivity contribution in [3.63, 3.8) is 0 Å². The normalized spacial score (nSPS) is 9.90. The van der Waals surface area contributed by atoms with Gasteiger partial charge in [0.05, 0.1) is 0 Å². The van der Waals surface area contributed by atoms with Gasteiger partial charge in [0, 0.05) is 25.1 Å². The summed E-state index contributed by atoms with van der Waals surface area (Å²) in [7, 11) is 2.05. The maximum absolute atomic E-state index is 12.0. The fraction of sp³-hybridized carbons (Fsp3) is 0.316. The largest absolute Gasteiger partial charge is 0.302 e. The highest BCUT2D eigenvalue weighted by Crippen LogP contribution is 2.06. The number of nitrogens with zero attached hydrogens (tertiary/aromatic N) is 1. The molecular weight excluding hydrogens is 258 g/mol. The van der Waals surface area contributed by atoms with Crippen molar-refractivity contribution < 1.29 is 4.79 Å². The van der Waals surface area contributed by atoms with Gasteiger partial charge in [-0.2, -0.15) is 0 Å². The molecule has 0 amide bonds. The number of benzene rings is 2. The number of ketones is 1. The van der Waals surface area contributed by atoms with E-state index in [1.54, 1.807) is 0 Å². The standard InChI is InChI=1S/C17H19NO.C2H6/c1-18(14-15-8-4-2-5-9-15)13-12-17(19)16-10-6-3-7-11-16;1-2/h2-11H,12-14H2,1H3;1-2H3. The first-order valence-electron chi connectivity index (χ1n) is 7.56. The summed E-state index contributed by atoms with van der Waals surface area (Å²) in [4.78, 5) is 14.2. The Morgan fingerprint density at radius 1 is 0.905 bits per heavy atom. The second-order valence-electron chi connectivity index (χ2n) is 4.76. The number of carbonyl (C=O) groups is 1. The molecule has 0 aliphatic carbocycles. The molecule has 0 atom stereocenters. The van der Waals surface area contributed by atoms with E-state index in [1.165, 1.54) is 5.56 Å². The second-order valence-corrected chi connectivity index (χ2v) is 4.76. The molecule has 0 heterocycles. The summed E-state index contributed by atoms with van der Waals surface area (Å²) in [6.07, 6.45) is 0.563. The van der Waals surface area contributed by atoms with Crippen LogP contribution in [0.1, 0.15) is 36.2 Å². The molecule has 0 N–H and O–H groups in total. The fourth-order valence-electron chi connectivity index (χ4n) is 2.03. The van der Waals surface area contributed by atoms with E-state index in [4.69, 9.17) is 0 Å². The predicted octanol–water partition coefficient (Wildman–Crippen LogP) is 4.42. The zero-order valence-electron chi connectivity index (χ0n) is 13.3. The molecule has 2 heteroatoms. The predicted molar refractivity (Wildman–Crippen MR) is 89.5 cm³/mol. The van der Waals surface area contributed by atoms with Crippen molar-refractivity contribution in [3.8, 4) is 0 Å². The molecule has 2 aromatic rings. The highest BCUT2D eigenvalue weighted by atomic mass is 16.1. The molecule has 0 aliphatic rings. The number of Topliss-reactive ketones (excluding diaryl/α,β-unsaturated/α-hetero) is 1. The Hall–Kier alpha value is -1.93. The molecule has 0 bridgehead atoms. The van der Waals surface area contributed by atoms with E-state index in [9.17, 15) is 4.79 Å². The average Bonchev–Trinajstić information content (AvgIpc) is 2.56. The van der Waals surface area contributed by atoms with Gasteiger partial charge in [-0.25, -0.2) is 0 Å². The van der Waals surface area contributed by atoms with Crippen LogP contribution in [-0.4, -0.2) is 24.3 Å². The molecular formula is C19H25NO. The molecule has 0 saturated heterocycles. The molecule has 0 saturated carbocycles. The van der Waals surface area contributed by atoms with Crippen LogP contribution < -0.4 is 0 Å². The molecule has 21 heavy (non-hydrogen) atoms. The fourth-order valence-corrected chi connectivity index (χ4v) is 2.03. The lowest BCUT2D eigenvalue weighted by Gasteiger charge is -2.16. The van der Waals surface area contributed by atoms with Gasteiger partial charge in [-0.1, -0.05) is 74.5 Å². The van der Waals surface area contributed by atoms with Crippen molar-refractivity contribution in [2.24, 2.45) is 0 Å². The Bertz CT molecular complexity index is 508. The minimum absolute atomic E-state index is 0.209. The first kappa shape index (κ1) is 17.1. The quantitative estimate of drug-likeness (QED) is 0.732. The van der Waals surface area contributed by atoms with Crippen molar-refractivity contribution in [2.75, 3.05) is 13.6 Å². The maximum atomic E-state index is 12.0. The monoisotopic (exact) mass is 283 g/mol. The summed E-state index contributed by atoms with van der Waals surface area (Å²) in [5, 5.41) is 0. The molecule has 0 aromatic heterocycles. The van der Waals surface area contributed by atoms with Gasteiger partial charge in [0.2, 0.25) is 0 Å². The molecule has 2 rings (SSSR count). The lowest BCUT2D eigenvalue weighted by atomic mass is 10.1. The van der Waals surface area contributed by atoms with E-state index in [-0.39, 0.29) is 5.78 Å². The average molecular weight is 283 g/mol. The Morgan fingerprint density at radius 2 is 1.43 bits per heavy atom. The summed E-state index contributed by atoms with van der Waals surface area (Å²) in [5.41, 5.74) is 2.08. The maximum Gasteiger partial charge on any atom is 0.164 e. The first-order chi connectivity index (χ1) is 10.3. The smallest absolute Gasteiger partial charge is 0.164 e. The van der Waals surface area contributed by atoms with E-state index in [0.29, 0.717) is 6.42 Å². The van der Waals surface area contributed by atoms with Crippen molar-refractivity contribution in [1.29, 1.82) is 0 Å². The van der Waals surface area contributed by atoms with E-state index in [0.717, 1.165) is 18.7 Å². The molecule has 112 valence electrons. The van der Waals surface area contributed by atoms with Crippen LogP contribution in [-0.2, 0) is 6.54 Å². The first-order valence-corrected chi connectivity index (χ1v) is 7.56. The number of hydrogen-bond donors (Lipinski definition) is 0. The van der Waals surface area contributed by atoms with Gasteiger partial charge in [-0.15, -0.1) is 0 Å². The van der Waals surface area contributed by atoms with E-state index < -0.39 is 0 Å². The summed E-state index contributed by atoms with van der Waals surface area (Å²) < 4.78 is 0. The van der Waals surface area contributed by atoms with Crippen LogP contribution in [0.2, 0.25) is 0 Å². The van der Waals surface area contributed by atoms with Crippen molar-refractivity contribution in [1.82, 2.24) is 4.90 Å². The highest BCUT2D eigenvalue weighted by Gasteiger charge is 2.07. The molecule has 0 fully saturated rings. The molecule has 2 nitrogen and oxygen atoms in total. The molecule has 0 radical (unpaired) electrons. The lowest BCUT2D eigenvalue weighted by Crippen LogP contribution is -2.21. The lowest BCUT2D eigenvalue weighted by molar-refractivity contribution is 0.0968. The Labute approximate surface area is 128 Å². The molecule has 0 unspecified atom stereocenters. The van der Waals surface area contributed by atoms with Gasteiger partial charge in [0.1, 0.15) is 0 Å². The summed E-state index contributed by atoms with van der Waals surface area (Å²) in [5.74, 6) is 0.209. The molecule has 0 aliphatic heterocycles. The van der Waals surface area contributed by atoms with Crippen molar-refractivity contribution in [3.05, 3.63) is 71.8 Å².